The zero-order chi connectivity index (χ0) is 21.7. The third-order valence-electron chi connectivity index (χ3n) is 6.11. The topological polar surface area (TPSA) is 46.3 Å². The highest BCUT2D eigenvalue weighted by atomic mass is 16.2. The van der Waals surface area contributed by atoms with Gasteiger partial charge in [0, 0.05) is 13.1 Å². The van der Waals surface area contributed by atoms with Gasteiger partial charge >= 0.3 is 6.03 Å². The largest absolute Gasteiger partial charge is 0.351 e. The van der Waals surface area contributed by atoms with Gasteiger partial charge in [-0.1, -0.05) is 134 Å². The van der Waals surface area contributed by atoms with Gasteiger partial charge in [0.15, 0.2) is 0 Å². The van der Waals surface area contributed by atoms with Crippen LogP contribution in [0, 0.1) is 0 Å². The van der Waals surface area contributed by atoms with Crippen LogP contribution in [-0.2, 0) is 6.42 Å². The first kappa shape index (κ1) is 26.5. The average Bonchev–Trinajstić information content (AvgIpc) is 2.76. The molecule has 172 valence electrons. The predicted octanol–water partition coefficient (Wildman–Crippen LogP) is 7.87. The van der Waals surface area contributed by atoms with E-state index < -0.39 is 0 Å². The average molecular weight is 417 g/mol. The molecule has 3 nitrogen and oxygen atoms in total. The first-order valence-electron chi connectivity index (χ1n) is 12.8. The Hall–Kier alpha value is -1.51. The summed E-state index contributed by atoms with van der Waals surface area (Å²) in [4.78, 5) is 13.5. The molecule has 2 amide bonds. The van der Waals surface area contributed by atoms with Gasteiger partial charge in [-0.15, -0.1) is 0 Å². The van der Waals surface area contributed by atoms with Crippen molar-refractivity contribution in [1.29, 1.82) is 0 Å². The molecule has 0 heterocycles. The van der Waals surface area contributed by atoms with E-state index >= 15 is 0 Å². The van der Waals surface area contributed by atoms with Crippen molar-refractivity contribution in [1.82, 2.24) is 4.90 Å². The highest BCUT2D eigenvalue weighted by Crippen LogP contribution is 2.14. The molecule has 0 atom stereocenters. The molecular weight excluding hydrogens is 368 g/mol. The summed E-state index contributed by atoms with van der Waals surface area (Å²) >= 11 is 0. The summed E-state index contributed by atoms with van der Waals surface area (Å²) in [5.74, 6) is 0. The maximum absolute atomic E-state index is 11.7. The quantitative estimate of drug-likeness (QED) is 0.216. The molecule has 1 aromatic rings. The number of amides is 2. The van der Waals surface area contributed by atoms with Crippen LogP contribution in [0.5, 0.6) is 0 Å². The number of urea groups is 1. The first-order valence-corrected chi connectivity index (χ1v) is 12.8. The van der Waals surface area contributed by atoms with E-state index in [4.69, 9.17) is 5.73 Å². The lowest BCUT2D eigenvalue weighted by Gasteiger charge is -2.20. The second kappa shape index (κ2) is 19.5. The van der Waals surface area contributed by atoms with Gasteiger partial charge in [0.05, 0.1) is 0 Å². The number of benzene rings is 1. The Labute approximate surface area is 186 Å². The fourth-order valence-electron chi connectivity index (χ4n) is 4.09. The molecule has 0 aliphatic rings. The Bertz CT molecular complexity index is 503. The highest BCUT2D eigenvalue weighted by Gasteiger charge is 2.09. The van der Waals surface area contributed by atoms with Crippen LogP contribution in [0.15, 0.2) is 30.3 Å². The monoisotopic (exact) mass is 416 g/mol. The summed E-state index contributed by atoms with van der Waals surface area (Å²) in [5, 5.41) is 0. The molecule has 0 aromatic heterocycles. The summed E-state index contributed by atoms with van der Waals surface area (Å²) in [6.45, 7) is 3.80. The van der Waals surface area contributed by atoms with Crippen molar-refractivity contribution in [3.05, 3.63) is 35.9 Å². The third kappa shape index (κ3) is 15.3. The maximum atomic E-state index is 11.7. The third-order valence-corrected chi connectivity index (χ3v) is 6.11. The Morgan fingerprint density at radius 1 is 0.667 bits per heavy atom. The van der Waals surface area contributed by atoms with Gasteiger partial charge in [-0.3, -0.25) is 0 Å². The Morgan fingerprint density at radius 2 is 1.10 bits per heavy atom. The van der Waals surface area contributed by atoms with Crippen molar-refractivity contribution in [2.45, 2.75) is 116 Å². The van der Waals surface area contributed by atoms with Crippen LogP contribution < -0.4 is 5.73 Å². The van der Waals surface area contributed by atoms with Crippen LogP contribution in [0.2, 0.25) is 0 Å². The SMILES string of the molecule is CCCCCCCCCCCCCCCCCCN(CCc1ccccc1)C(N)=O. The van der Waals surface area contributed by atoms with Crippen molar-refractivity contribution >= 4 is 6.03 Å². The van der Waals surface area contributed by atoms with Gasteiger partial charge in [0.2, 0.25) is 0 Å². The molecule has 0 spiro atoms. The summed E-state index contributed by atoms with van der Waals surface area (Å²) in [6.07, 6.45) is 22.7. The van der Waals surface area contributed by atoms with Gasteiger partial charge in [0.25, 0.3) is 0 Å². The molecule has 0 aliphatic heterocycles. The van der Waals surface area contributed by atoms with Crippen molar-refractivity contribution in [2.24, 2.45) is 5.73 Å². The van der Waals surface area contributed by atoms with E-state index in [1.54, 1.807) is 4.90 Å². The number of unbranched alkanes of at least 4 members (excludes halogenated alkanes) is 15. The number of nitrogens with zero attached hydrogens (tertiary/aromatic N) is 1. The molecule has 0 saturated heterocycles. The normalized spacial score (nSPS) is 11.0. The summed E-state index contributed by atoms with van der Waals surface area (Å²) in [5.41, 5.74) is 6.81. The number of hydrogen-bond donors (Lipinski definition) is 1. The minimum absolute atomic E-state index is 0.285. The van der Waals surface area contributed by atoms with E-state index in [0.29, 0.717) is 0 Å². The molecule has 2 N–H and O–H groups in total. The molecule has 1 rings (SSSR count). The van der Waals surface area contributed by atoms with Crippen LogP contribution in [0.4, 0.5) is 4.79 Å². The van der Waals surface area contributed by atoms with Crippen molar-refractivity contribution < 1.29 is 4.79 Å². The Morgan fingerprint density at radius 3 is 1.53 bits per heavy atom. The van der Waals surface area contributed by atoms with Crippen LogP contribution in [0.3, 0.4) is 0 Å². The van der Waals surface area contributed by atoms with Crippen molar-refractivity contribution in [2.75, 3.05) is 13.1 Å². The number of primary amides is 1. The van der Waals surface area contributed by atoms with Crippen LogP contribution >= 0.6 is 0 Å². The van der Waals surface area contributed by atoms with Gasteiger partial charge in [-0.05, 0) is 18.4 Å². The van der Waals surface area contributed by atoms with Crippen molar-refractivity contribution in [3.8, 4) is 0 Å². The van der Waals surface area contributed by atoms with Gasteiger partial charge in [-0.25, -0.2) is 4.79 Å². The van der Waals surface area contributed by atoms with Crippen LogP contribution in [0.1, 0.15) is 115 Å². The smallest absolute Gasteiger partial charge is 0.314 e. The second-order valence-electron chi connectivity index (χ2n) is 8.86. The zero-order valence-electron chi connectivity index (χ0n) is 19.8. The van der Waals surface area contributed by atoms with E-state index in [1.165, 1.54) is 102 Å². The molecule has 0 radical (unpaired) electrons. The van der Waals surface area contributed by atoms with E-state index in [-0.39, 0.29) is 6.03 Å². The zero-order valence-corrected chi connectivity index (χ0v) is 19.8. The lowest BCUT2D eigenvalue weighted by Crippen LogP contribution is -2.37. The van der Waals surface area contributed by atoms with Gasteiger partial charge in [0.1, 0.15) is 0 Å². The Balaban J connectivity index is 1.88. The minimum atomic E-state index is -0.285. The number of hydrogen-bond acceptors (Lipinski definition) is 1. The maximum Gasteiger partial charge on any atom is 0.314 e. The standard InChI is InChI=1S/C27H48N2O/c1-2-3-4-5-6-7-8-9-10-11-12-13-14-15-16-20-24-29(27(28)30)25-23-26-21-18-17-19-22-26/h17-19,21-22H,2-16,20,23-25H2,1H3,(H2,28,30). The predicted molar refractivity (Wildman–Crippen MR) is 131 cm³/mol. The number of rotatable bonds is 20. The van der Waals surface area contributed by atoms with Crippen molar-refractivity contribution in [3.63, 3.8) is 0 Å². The lowest BCUT2D eigenvalue weighted by atomic mass is 10.0. The lowest BCUT2D eigenvalue weighted by molar-refractivity contribution is 0.207. The Kier molecular flexibility index (Phi) is 17.2. The number of carbonyl (C=O) groups excluding carboxylic acids is 1. The fraction of sp³-hybridized carbons (Fsp3) is 0.741. The molecule has 3 heteroatoms. The van der Waals surface area contributed by atoms with Crippen LogP contribution in [0.25, 0.3) is 0 Å². The van der Waals surface area contributed by atoms with Gasteiger partial charge < -0.3 is 10.6 Å². The molecule has 0 aliphatic carbocycles. The summed E-state index contributed by atoms with van der Waals surface area (Å²) < 4.78 is 0. The molecule has 0 bridgehead atoms. The molecule has 0 saturated carbocycles. The molecule has 0 fully saturated rings. The first-order chi connectivity index (χ1) is 14.7. The summed E-state index contributed by atoms with van der Waals surface area (Å²) in [6, 6.07) is 10.0. The van der Waals surface area contributed by atoms with Crippen LogP contribution in [-0.4, -0.2) is 24.0 Å². The van der Waals surface area contributed by atoms with E-state index in [2.05, 4.69) is 19.1 Å². The van der Waals surface area contributed by atoms with E-state index in [9.17, 15) is 4.79 Å². The van der Waals surface area contributed by atoms with E-state index in [1.807, 2.05) is 18.2 Å². The second-order valence-corrected chi connectivity index (χ2v) is 8.86. The summed E-state index contributed by atoms with van der Waals surface area (Å²) in [7, 11) is 0. The minimum Gasteiger partial charge on any atom is -0.351 e. The molecule has 1 aromatic carbocycles. The van der Waals surface area contributed by atoms with Gasteiger partial charge in [-0.2, -0.15) is 0 Å². The highest BCUT2D eigenvalue weighted by molar-refractivity contribution is 5.71. The number of carbonyl (C=O) groups is 1. The fourth-order valence-corrected chi connectivity index (χ4v) is 4.09. The number of nitrogens with two attached hydrogens (primary N) is 1. The molecule has 30 heavy (non-hydrogen) atoms. The van der Waals surface area contributed by atoms with E-state index in [0.717, 1.165) is 25.9 Å². The molecular formula is C27H48N2O. The molecule has 0 unspecified atom stereocenters.